The van der Waals surface area contributed by atoms with Crippen molar-refractivity contribution >= 4 is 17.7 Å². The van der Waals surface area contributed by atoms with E-state index in [0.29, 0.717) is 18.0 Å². The molecule has 0 saturated heterocycles. The van der Waals surface area contributed by atoms with Crippen LogP contribution in [0.15, 0.2) is 5.16 Å². The predicted molar refractivity (Wildman–Crippen MR) is 88.1 cm³/mol. The third kappa shape index (κ3) is 3.47. The molecule has 2 fully saturated rings. The summed E-state index contributed by atoms with van der Waals surface area (Å²) in [7, 11) is 0. The molecule has 2 aliphatic carbocycles. The molecule has 6 heteroatoms. The molecule has 1 heterocycles. The van der Waals surface area contributed by atoms with Gasteiger partial charge in [0.15, 0.2) is 5.16 Å². The topological polar surface area (TPSA) is 59.8 Å². The number of thioether (sulfide) groups is 1. The molecular formula is C16H26N4OS. The van der Waals surface area contributed by atoms with E-state index in [-0.39, 0.29) is 11.2 Å². The SMILES string of the molecule is CC(Sc1nnc(C(C)C)n1C1CC1)C(=O)NC1CCCC1. The lowest BCUT2D eigenvalue weighted by molar-refractivity contribution is -0.120. The van der Waals surface area contributed by atoms with Crippen LogP contribution in [0.2, 0.25) is 0 Å². The van der Waals surface area contributed by atoms with Crippen molar-refractivity contribution in [2.75, 3.05) is 0 Å². The van der Waals surface area contributed by atoms with Gasteiger partial charge in [-0.05, 0) is 32.6 Å². The fourth-order valence-corrected chi connectivity index (χ4v) is 3.97. The molecule has 1 aromatic heterocycles. The number of amides is 1. The molecule has 5 nitrogen and oxygen atoms in total. The molecule has 1 N–H and O–H groups in total. The smallest absolute Gasteiger partial charge is 0.233 e. The van der Waals surface area contributed by atoms with Gasteiger partial charge in [-0.3, -0.25) is 4.79 Å². The summed E-state index contributed by atoms with van der Waals surface area (Å²) in [6.07, 6.45) is 7.13. The van der Waals surface area contributed by atoms with E-state index in [1.54, 1.807) is 11.8 Å². The van der Waals surface area contributed by atoms with Crippen LogP contribution in [0.5, 0.6) is 0 Å². The second-order valence-corrected chi connectivity index (χ2v) is 8.15. The quantitative estimate of drug-likeness (QED) is 0.817. The van der Waals surface area contributed by atoms with Crippen LogP contribution < -0.4 is 5.32 Å². The molecule has 0 spiro atoms. The van der Waals surface area contributed by atoms with E-state index >= 15 is 0 Å². The molecule has 2 saturated carbocycles. The molecule has 1 atom stereocenters. The van der Waals surface area contributed by atoms with Crippen molar-refractivity contribution in [3.63, 3.8) is 0 Å². The highest BCUT2D eigenvalue weighted by Gasteiger charge is 2.32. The number of hydrogen-bond acceptors (Lipinski definition) is 4. The van der Waals surface area contributed by atoms with Gasteiger partial charge in [-0.25, -0.2) is 0 Å². The minimum atomic E-state index is -0.123. The Kier molecular flexibility index (Phi) is 4.76. The minimum Gasteiger partial charge on any atom is -0.352 e. The Bertz CT molecular complexity index is 532. The van der Waals surface area contributed by atoms with Gasteiger partial charge in [0, 0.05) is 18.0 Å². The maximum absolute atomic E-state index is 12.4. The summed E-state index contributed by atoms with van der Waals surface area (Å²) in [6.45, 7) is 6.26. The van der Waals surface area contributed by atoms with E-state index in [4.69, 9.17) is 0 Å². The van der Waals surface area contributed by atoms with Crippen molar-refractivity contribution in [3.05, 3.63) is 5.82 Å². The number of carbonyl (C=O) groups excluding carboxylic acids is 1. The fourth-order valence-electron chi connectivity index (χ4n) is 3.04. The predicted octanol–water partition coefficient (Wildman–Crippen LogP) is 3.28. The largest absolute Gasteiger partial charge is 0.352 e. The average molecular weight is 322 g/mol. The number of nitrogens with zero attached hydrogens (tertiary/aromatic N) is 3. The summed E-state index contributed by atoms with van der Waals surface area (Å²) in [5.41, 5.74) is 0. The molecule has 1 unspecified atom stereocenters. The van der Waals surface area contributed by atoms with Gasteiger partial charge in [0.2, 0.25) is 5.91 Å². The number of nitrogens with one attached hydrogen (secondary N) is 1. The molecule has 0 bridgehead atoms. The van der Waals surface area contributed by atoms with Crippen molar-refractivity contribution in [3.8, 4) is 0 Å². The summed E-state index contributed by atoms with van der Waals surface area (Å²) in [5.74, 6) is 1.55. The molecule has 122 valence electrons. The van der Waals surface area contributed by atoms with Crippen LogP contribution in [0.4, 0.5) is 0 Å². The summed E-state index contributed by atoms with van der Waals surface area (Å²) >= 11 is 1.55. The first kappa shape index (κ1) is 15.8. The van der Waals surface area contributed by atoms with E-state index in [2.05, 4.69) is 33.9 Å². The second kappa shape index (κ2) is 6.60. The lowest BCUT2D eigenvalue weighted by Crippen LogP contribution is -2.37. The number of aromatic nitrogens is 3. The molecule has 2 aliphatic rings. The van der Waals surface area contributed by atoms with Gasteiger partial charge in [-0.1, -0.05) is 38.5 Å². The lowest BCUT2D eigenvalue weighted by Gasteiger charge is -2.17. The van der Waals surface area contributed by atoms with Gasteiger partial charge in [0.25, 0.3) is 0 Å². The first-order valence-electron chi connectivity index (χ1n) is 8.48. The molecule has 22 heavy (non-hydrogen) atoms. The molecule has 3 rings (SSSR count). The average Bonchev–Trinajstić information content (AvgIpc) is 3.01. The van der Waals surface area contributed by atoms with Crippen LogP contribution in [0.1, 0.15) is 77.1 Å². The van der Waals surface area contributed by atoms with Crippen LogP contribution in [-0.2, 0) is 4.79 Å². The van der Waals surface area contributed by atoms with Crippen LogP contribution in [0.25, 0.3) is 0 Å². The van der Waals surface area contributed by atoms with Crippen LogP contribution in [0, 0.1) is 0 Å². The standard InChI is InChI=1S/C16H26N4OS/c1-10(2)14-18-19-16(20(14)13-8-9-13)22-11(3)15(21)17-12-6-4-5-7-12/h10-13H,4-9H2,1-3H3,(H,17,21). The van der Waals surface area contributed by atoms with Crippen LogP contribution >= 0.6 is 11.8 Å². The molecule has 0 aromatic carbocycles. The molecule has 0 radical (unpaired) electrons. The zero-order valence-electron chi connectivity index (χ0n) is 13.7. The van der Waals surface area contributed by atoms with Gasteiger partial charge >= 0.3 is 0 Å². The highest BCUT2D eigenvalue weighted by atomic mass is 32.2. The lowest BCUT2D eigenvalue weighted by atomic mass is 10.2. The molecule has 1 amide bonds. The Labute approximate surface area is 136 Å². The third-order valence-electron chi connectivity index (χ3n) is 4.47. The summed E-state index contributed by atoms with van der Waals surface area (Å²) in [6, 6.07) is 0.920. The van der Waals surface area contributed by atoms with Crippen molar-refractivity contribution in [2.45, 2.75) is 87.7 Å². The maximum Gasteiger partial charge on any atom is 0.233 e. The van der Waals surface area contributed by atoms with Crippen molar-refractivity contribution in [2.24, 2.45) is 0 Å². The molecular weight excluding hydrogens is 296 g/mol. The normalized spacial score (nSPS) is 20.5. The highest BCUT2D eigenvalue weighted by molar-refractivity contribution is 8.00. The third-order valence-corrected chi connectivity index (χ3v) is 5.53. The van der Waals surface area contributed by atoms with Crippen LogP contribution in [-0.4, -0.2) is 32.0 Å². The van der Waals surface area contributed by atoms with Gasteiger partial charge < -0.3 is 9.88 Å². The minimum absolute atomic E-state index is 0.123. The van der Waals surface area contributed by atoms with Gasteiger partial charge in [0.05, 0.1) is 5.25 Å². The van der Waals surface area contributed by atoms with Crippen molar-refractivity contribution in [1.82, 2.24) is 20.1 Å². The Morgan fingerprint density at radius 2 is 1.86 bits per heavy atom. The van der Waals surface area contributed by atoms with Gasteiger partial charge in [-0.15, -0.1) is 10.2 Å². The van der Waals surface area contributed by atoms with Crippen LogP contribution in [0.3, 0.4) is 0 Å². The van der Waals surface area contributed by atoms with E-state index in [0.717, 1.165) is 23.8 Å². The van der Waals surface area contributed by atoms with E-state index in [1.807, 2.05) is 6.92 Å². The highest BCUT2D eigenvalue weighted by Crippen LogP contribution is 2.40. The summed E-state index contributed by atoms with van der Waals surface area (Å²) < 4.78 is 2.26. The number of rotatable bonds is 6. The van der Waals surface area contributed by atoms with Crippen molar-refractivity contribution in [1.29, 1.82) is 0 Å². The number of hydrogen-bond donors (Lipinski definition) is 1. The maximum atomic E-state index is 12.4. The first-order valence-corrected chi connectivity index (χ1v) is 9.36. The Balaban J connectivity index is 1.65. The molecule has 0 aliphatic heterocycles. The van der Waals surface area contributed by atoms with E-state index < -0.39 is 0 Å². The number of carbonyl (C=O) groups is 1. The summed E-state index contributed by atoms with van der Waals surface area (Å²) in [5, 5.41) is 12.7. The van der Waals surface area contributed by atoms with Gasteiger partial charge in [0.1, 0.15) is 5.82 Å². The van der Waals surface area contributed by atoms with Gasteiger partial charge in [-0.2, -0.15) is 0 Å². The second-order valence-electron chi connectivity index (χ2n) is 6.85. The summed E-state index contributed by atoms with van der Waals surface area (Å²) in [4.78, 5) is 12.4. The Hall–Kier alpha value is -1.04. The Morgan fingerprint density at radius 1 is 1.18 bits per heavy atom. The van der Waals surface area contributed by atoms with Crippen molar-refractivity contribution < 1.29 is 4.79 Å². The van der Waals surface area contributed by atoms with E-state index in [9.17, 15) is 4.79 Å². The first-order chi connectivity index (χ1) is 10.6. The molecule has 1 aromatic rings. The zero-order valence-corrected chi connectivity index (χ0v) is 14.5. The zero-order chi connectivity index (χ0) is 15.7. The monoisotopic (exact) mass is 322 g/mol. The van der Waals surface area contributed by atoms with E-state index in [1.165, 1.54) is 25.7 Å². The fraction of sp³-hybridized carbons (Fsp3) is 0.812. The Morgan fingerprint density at radius 3 is 2.45 bits per heavy atom.